The summed E-state index contributed by atoms with van der Waals surface area (Å²) >= 11 is 0. The summed E-state index contributed by atoms with van der Waals surface area (Å²) in [6.45, 7) is 3.49. The highest BCUT2D eigenvalue weighted by atomic mass is 19.3. The third-order valence-electron chi connectivity index (χ3n) is 4.20. The van der Waals surface area contributed by atoms with Crippen molar-refractivity contribution in [3.05, 3.63) is 0 Å². The molecule has 2 aliphatic rings. The van der Waals surface area contributed by atoms with Crippen LogP contribution in [0.4, 0.5) is 8.78 Å². The number of aliphatic carboxylic acids is 1. The number of alkyl halides is 2. The van der Waals surface area contributed by atoms with Crippen molar-refractivity contribution in [2.75, 3.05) is 0 Å². The average molecular weight is 218 g/mol. The van der Waals surface area contributed by atoms with E-state index in [2.05, 4.69) is 0 Å². The summed E-state index contributed by atoms with van der Waals surface area (Å²) in [5, 5.41) is 9.08. The minimum atomic E-state index is -2.58. The Balaban J connectivity index is 2.23. The fourth-order valence-corrected chi connectivity index (χ4v) is 3.61. The van der Waals surface area contributed by atoms with Crippen molar-refractivity contribution in [2.45, 2.75) is 45.5 Å². The molecule has 0 radical (unpaired) electrons. The molecule has 0 aromatic rings. The summed E-state index contributed by atoms with van der Waals surface area (Å²) in [4.78, 5) is 11.1. The largest absolute Gasteiger partial charge is 0.481 e. The van der Waals surface area contributed by atoms with E-state index in [1.807, 2.05) is 6.92 Å². The highest BCUT2D eigenvalue weighted by Gasteiger charge is 2.62. The molecule has 2 rings (SSSR count). The van der Waals surface area contributed by atoms with Crippen LogP contribution in [0.15, 0.2) is 0 Å². The molecule has 1 N–H and O–H groups in total. The Labute approximate surface area is 87.7 Å². The first kappa shape index (κ1) is 10.8. The predicted octanol–water partition coefficient (Wildman–Crippen LogP) is 2.92. The monoisotopic (exact) mass is 218 g/mol. The third kappa shape index (κ3) is 1.54. The van der Waals surface area contributed by atoms with Crippen molar-refractivity contribution < 1.29 is 18.7 Å². The van der Waals surface area contributed by atoms with Gasteiger partial charge in [-0.05, 0) is 31.1 Å². The number of hydrogen-bond acceptors (Lipinski definition) is 1. The van der Waals surface area contributed by atoms with E-state index in [1.165, 1.54) is 0 Å². The number of fused-ring (bicyclic) bond motifs is 1. The summed E-state index contributed by atoms with van der Waals surface area (Å²) in [7, 11) is 0. The number of halogens is 2. The van der Waals surface area contributed by atoms with Crippen molar-refractivity contribution in [1.29, 1.82) is 0 Å². The van der Waals surface area contributed by atoms with Crippen LogP contribution in [-0.4, -0.2) is 17.0 Å². The first-order valence-electron chi connectivity index (χ1n) is 5.28. The Bertz CT molecular complexity index is 316. The van der Waals surface area contributed by atoms with Gasteiger partial charge in [0.1, 0.15) is 0 Å². The Morgan fingerprint density at radius 3 is 2.33 bits per heavy atom. The molecule has 2 fully saturated rings. The van der Waals surface area contributed by atoms with E-state index < -0.39 is 22.7 Å². The van der Waals surface area contributed by atoms with Crippen molar-refractivity contribution in [3.8, 4) is 0 Å². The Morgan fingerprint density at radius 1 is 1.27 bits per heavy atom. The molecule has 0 aromatic heterocycles. The normalized spacial score (nSPS) is 47.9. The van der Waals surface area contributed by atoms with Crippen molar-refractivity contribution >= 4 is 5.97 Å². The van der Waals surface area contributed by atoms with Gasteiger partial charge in [-0.2, -0.15) is 0 Å². The maximum atomic E-state index is 13.2. The quantitative estimate of drug-likeness (QED) is 0.734. The molecule has 2 nitrogen and oxygen atoms in total. The van der Waals surface area contributed by atoms with E-state index in [9.17, 15) is 13.6 Å². The molecule has 0 heterocycles. The molecular weight excluding hydrogens is 202 g/mol. The average Bonchev–Trinajstić information content (AvgIpc) is 2.31. The van der Waals surface area contributed by atoms with Gasteiger partial charge in [0.25, 0.3) is 0 Å². The Morgan fingerprint density at radius 2 is 1.87 bits per heavy atom. The summed E-state index contributed by atoms with van der Waals surface area (Å²) in [6, 6.07) is 0. The van der Waals surface area contributed by atoms with Crippen molar-refractivity contribution in [2.24, 2.45) is 16.7 Å². The molecule has 0 saturated heterocycles. The predicted molar refractivity (Wildman–Crippen MR) is 50.8 cm³/mol. The van der Waals surface area contributed by atoms with E-state index in [1.54, 1.807) is 6.92 Å². The number of carbonyl (C=O) groups is 1. The second kappa shape index (κ2) is 2.71. The van der Waals surface area contributed by atoms with Crippen LogP contribution in [0.5, 0.6) is 0 Å². The van der Waals surface area contributed by atoms with Gasteiger partial charge in [0.15, 0.2) is 0 Å². The molecule has 15 heavy (non-hydrogen) atoms. The van der Waals surface area contributed by atoms with Gasteiger partial charge < -0.3 is 5.11 Å². The lowest BCUT2D eigenvalue weighted by Gasteiger charge is -2.25. The van der Waals surface area contributed by atoms with Crippen molar-refractivity contribution in [3.63, 3.8) is 0 Å². The molecule has 3 unspecified atom stereocenters. The van der Waals surface area contributed by atoms with Gasteiger partial charge in [-0.15, -0.1) is 0 Å². The Kier molecular flexibility index (Phi) is 1.96. The topological polar surface area (TPSA) is 37.3 Å². The lowest BCUT2D eigenvalue weighted by Crippen LogP contribution is -2.28. The lowest BCUT2D eigenvalue weighted by molar-refractivity contribution is -0.148. The lowest BCUT2D eigenvalue weighted by atomic mass is 9.80. The first-order chi connectivity index (χ1) is 6.67. The zero-order valence-corrected chi connectivity index (χ0v) is 9.02. The van der Waals surface area contributed by atoms with Crippen LogP contribution in [0.25, 0.3) is 0 Å². The van der Waals surface area contributed by atoms with E-state index in [0.29, 0.717) is 12.8 Å². The Hall–Kier alpha value is -0.670. The van der Waals surface area contributed by atoms with Gasteiger partial charge in [0, 0.05) is 12.8 Å². The molecule has 0 amide bonds. The van der Waals surface area contributed by atoms with Crippen LogP contribution >= 0.6 is 0 Å². The van der Waals surface area contributed by atoms with Gasteiger partial charge in [-0.1, -0.05) is 6.92 Å². The van der Waals surface area contributed by atoms with Gasteiger partial charge in [-0.25, -0.2) is 8.78 Å². The fraction of sp³-hybridized carbons (Fsp3) is 0.909. The molecule has 0 spiro atoms. The van der Waals surface area contributed by atoms with E-state index in [4.69, 9.17) is 5.11 Å². The zero-order chi connectivity index (χ0) is 11.5. The van der Waals surface area contributed by atoms with E-state index in [-0.39, 0.29) is 18.8 Å². The second-order valence-electron chi connectivity index (χ2n) is 5.83. The maximum Gasteiger partial charge on any atom is 0.309 e. The molecule has 0 bridgehead atoms. The zero-order valence-electron chi connectivity index (χ0n) is 9.02. The second-order valence-corrected chi connectivity index (χ2v) is 5.83. The van der Waals surface area contributed by atoms with Gasteiger partial charge in [0.05, 0.1) is 5.41 Å². The number of hydrogen-bond donors (Lipinski definition) is 1. The van der Waals surface area contributed by atoms with Crippen LogP contribution < -0.4 is 0 Å². The minimum absolute atomic E-state index is 0.131. The minimum Gasteiger partial charge on any atom is -0.481 e. The van der Waals surface area contributed by atoms with Crippen LogP contribution in [0.2, 0.25) is 0 Å². The summed E-state index contributed by atoms with van der Waals surface area (Å²) < 4.78 is 26.4. The fourth-order valence-electron chi connectivity index (χ4n) is 3.61. The molecule has 0 aromatic carbocycles. The molecule has 0 aliphatic heterocycles. The molecule has 4 heteroatoms. The molecular formula is C11H16F2O2. The number of carboxylic acid groups (broad SMARTS) is 1. The van der Waals surface area contributed by atoms with Crippen molar-refractivity contribution in [1.82, 2.24) is 0 Å². The highest BCUT2D eigenvalue weighted by molar-refractivity contribution is 5.74. The van der Waals surface area contributed by atoms with E-state index >= 15 is 0 Å². The summed E-state index contributed by atoms with van der Waals surface area (Å²) in [6.07, 6.45) is 0.504. The SMILES string of the molecule is CC1(C(=O)O)CC2CC(F)(F)CC2(C)C1. The van der Waals surface area contributed by atoms with Crippen LogP contribution in [-0.2, 0) is 4.79 Å². The maximum absolute atomic E-state index is 13.2. The van der Waals surface area contributed by atoms with Crippen LogP contribution in [0, 0.1) is 16.7 Å². The standard InChI is InChI=1S/C11H16F2O2/c1-9(8(14)15)3-7-4-11(12,13)6-10(7,2)5-9/h7H,3-6H2,1-2H3,(H,14,15). The van der Waals surface area contributed by atoms with Gasteiger partial charge in [-0.3, -0.25) is 4.79 Å². The summed E-state index contributed by atoms with van der Waals surface area (Å²) in [5.41, 5.74) is -1.27. The number of carboxylic acids is 1. The smallest absolute Gasteiger partial charge is 0.309 e. The molecule has 86 valence electrons. The summed E-state index contributed by atoms with van der Waals surface area (Å²) in [5.74, 6) is -3.56. The van der Waals surface area contributed by atoms with Crippen LogP contribution in [0.3, 0.4) is 0 Å². The molecule has 2 aliphatic carbocycles. The highest BCUT2D eigenvalue weighted by Crippen LogP contribution is 2.64. The van der Waals surface area contributed by atoms with Crippen LogP contribution in [0.1, 0.15) is 39.5 Å². The van der Waals surface area contributed by atoms with Gasteiger partial charge in [0.2, 0.25) is 5.92 Å². The third-order valence-corrected chi connectivity index (χ3v) is 4.20. The first-order valence-corrected chi connectivity index (χ1v) is 5.28. The van der Waals surface area contributed by atoms with E-state index in [0.717, 1.165) is 0 Å². The molecule has 3 atom stereocenters. The number of rotatable bonds is 1. The van der Waals surface area contributed by atoms with Gasteiger partial charge >= 0.3 is 5.97 Å². The molecule has 2 saturated carbocycles.